The Kier molecular flexibility index (Phi) is 3.13. The van der Waals surface area contributed by atoms with Crippen LogP contribution in [0.1, 0.15) is 33.6 Å². The van der Waals surface area contributed by atoms with Crippen LogP contribution < -0.4 is 5.73 Å². The Morgan fingerprint density at radius 3 is 2.58 bits per heavy atom. The topological polar surface area (TPSA) is 35.2 Å². The van der Waals surface area contributed by atoms with E-state index >= 15 is 0 Å². The lowest BCUT2D eigenvalue weighted by Gasteiger charge is -2.37. The van der Waals surface area contributed by atoms with E-state index in [1.54, 1.807) is 0 Å². The summed E-state index contributed by atoms with van der Waals surface area (Å²) in [5.74, 6) is 0.683. The lowest BCUT2D eigenvalue weighted by molar-refractivity contribution is -0.0650. The van der Waals surface area contributed by atoms with Crippen molar-refractivity contribution in [3.8, 4) is 0 Å². The number of nitrogens with two attached hydrogens (primary N) is 1. The molecule has 0 aromatic carbocycles. The molecule has 2 atom stereocenters. The van der Waals surface area contributed by atoms with Crippen LogP contribution in [-0.4, -0.2) is 19.3 Å². The predicted molar refractivity (Wildman–Crippen MR) is 51.0 cm³/mol. The summed E-state index contributed by atoms with van der Waals surface area (Å²) in [5.41, 5.74) is 5.92. The van der Waals surface area contributed by atoms with Crippen molar-refractivity contribution in [1.82, 2.24) is 0 Å². The van der Waals surface area contributed by atoms with Gasteiger partial charge in [-0.1, -0.05) is 20.8 Å². The van der Waals surface area contributed by atoms with E-state index < -0.39 is 0 Å². The highest BCUT2D eigenvalue weighted by Crippen LogP contribution is 2.31. The first-order chi connectivity index (χ1) is 5.54. The quantitative estimate of drug-likeness (QED) is 0.652. The normalized spacial score (nSPS) is 32.0. The lowest BCUT2D eigenvalue weighted by Crippen LogP contribution is -2.37. The smallest absolute Gasteiger partial charge is 0.0626 e. The summed E-state index contributed by atoms with van der Waals surface area (Å²) in [4.78, 5) is 0. The fourth-order valence-electron chi connectivity index (χ4n) is 1.68. The van der Waals surface area contributed by atoms with E-state index in [0.717, 1.165) is 26.0 Å². The summed E-state index contributed by atoms with van der Waals surface area (Å²) in [7, 11) is 0. The Hall–Kier alpha value is -0.0800. The summed E-state index contributed by atoms with van der Waals surface area (Å²) >= 11 is 0. The van der Waals surface area contributed by atoms with E-state index in [4.69, 9.17) is 10.5 Å². The molecule has 12 heavy (non-hydrogen) atoms. The van der Waals surface area contributed by atoms with Crippen LogP contribution in [0, 0.1) is 11.3 Å². The number of rotatable bonds is 1. The van der Waals surface area contributed by atoms with Crippen molar-refractivity contribution >= 4 is 0 Å². The lowest BCUT2D eigenvalue weighted by atomic mass is 9.81. The van der Waals surface area contributed by atoms with Gasteiger partial charge in [0.05, 0.1) is 6.10 Å². The maximum Gasteiger partial charge on any atom is 0.0626 e. The molecule has 0 saturated carbocycles. The molecule has 1 heterocycles. The second kappa shape index (κ2) is 3.75. The summed E-state index contributed by atoms with van der Waals surface area (Å²) in [6.45, 7) is 8.41. The van der Waals surface area contributed by atoms with Gasteiger partial charge in [-0.2, -0.15) is 0 Å². The van der Waals surface area contributed by atoms with Gasteiger partial charge >= 0.3 is 0 Å². The second-order valence-electron chi connectivity index (χ2n) is 4.85. The van der Waals surface area contributed by atoms with Crippen LogP contribution in [0.25, 0.3) is 0 Å². The molecule has 0 bridgehead atoms. The van der Waals surface area contributed by atoms with Crippen molar-refractivity contribution < 1.29 is 4.74 Å². The molecule has 1 saturated heterocycles. The van der Waals surface area contributed by atoms with Crippen LogP contribution in [0.2, 0.25) is 0 Å². The highest BCUT2D eigenvalue weighted by atomic mass is 16.5. The molecule has 2 heteroatoms. The average molecular weight is 171 g/mol. The fourth-order valence-corrected chi connectivity index (χ4v) is 1.68. The van der Waals surface area contributed by atoms with Crippen molar-refractivity contribution in [2.75, 3.05) is 13.2 Å². The summed E-state index contributed by atoms with van der Waals surface area (Å²) in [5, 5.41) is 0. The Morgan fingerprint density at radius 2 is 2.08 bits per heavy atom. The van der Waals surface area contributed by atoms with Crippen molar-refractivity contribution in [3.63, 3.8) is 0 Å². The number of hydrogen-bond donors (Lipinski definition) is 1. The maximum atomic E-state index is 5.72. The zero-order valence-corrected chi connectivity index (χ0v) is 8.47. The molecule has 0 spiro atoms. The summed E-state index contributed by atoms with van der Waals surface area (Å²) in [6.07, 6.45) is 2.68. The van der Waals surface area contributed by atoms with Gasteiger partial charge in [0.25, 0.3) is 0 Å². The highest BCUT2D eigenvalue weighted by Gasteiger charge is 2.30. The summed E-state index contributed by atoms with van der Waals surface area (Å²) in [6, 6.07) is 0. The Bertz CT molecular complexity index is 139. The van der Waals surface area contributed by atoms with Gasteiger partial charge in [-0.3, -0.25) is 0 Å². The summed E-state index contributed by atoms with van der Waals surface area (Å²) < 4.78 is 5.72. The molecule has 2 N–H and O–H groups in total. The predicted octanol–water partition coefficient (Wildman–Crippen LogP) is 1.79. The molecule has 1 aliphatic rings. The van der Waals surface area contributed by atoms with Gasteiger partial charge in [0.2, 0.25) is 0 Å². The average Bonchev–Trinajstić information content (AvgIpc) is 2.03. The van der Waals surface area contributed by atoms with Crippen molar-refractivity contribution in [3.05, 3.63) is 0 Å². The van der Waals surface area contributed by atoms with Crippen LogP contribution in [0.4, 0.5) is 0 Å². The van der Waals surface area contributed by atoms with Crippen LogP contribution >= 0.6 is 0 Å². The number of hydrogen-bond acceptors (Lipinski definition) is 2. The van der Waals surface area contributed by atoms with Gasteiger partial charge in [-0.05, 0) is 30.7 Å². The van der Waals surface area contributed by atoms with Gasteiger partial charge in [0, 0.05) is 6.61 Å². The van der Waals surface area contributed by atoms with Crippen molar-refractivity contribution in [2.24, 2.45) is 17.1 Å². The molecule has 2 unspecified atom stereocenters. The van der Waals surface area contributed by atoms with Crippen LogP contribution in [0.3, 0.4) is 0 Å². The molecule has 0 radical (unpaired) electrons. The molecule has 0 amide bonds. The monoisotopic (exact) mass is 171 g/mol. The van der Waals surface area contributed by atoms with E-state index in [9.17, 15) is 0 Å². The standard InChI is InChI=1S/C10H21NO/c1-10(2,3)9-6-8(7-11)4-5-12-9/h8-9H,4-7,11H2,1-3H3. The molecule has 0 aliphatic carbocycles. The van der Waals surface area contributed by atoms with Crippen LogP contribution in [0.5, 0.6) is 0 Å². The largest absolute Gasteiger partial charge is 0.378 e. The van der Waals surface area contributed by atoms with Crippen molar-refractivity contribution in [1.29, 1.82) is 0 Å². The first-order valence-corrected chi connectivity index (χ1v) is 4.85. The molecular formula is C10H21NO. The molecule has 1 aliphatic heterocycles. The zero-order valence-electron chi connectivity index (χ0n) is 8.47. The minimum atomic E-state index is 0.272. The third-order valence-electron chi connectivity index (χ3n) is 2.69. The van der Waals surface area contributed by atoms with Gasteiger partial charge in [-0.25, -0.2) is 0 Å². The van der Waals surface area contributed by atoms with Crippen molar-refractivity contribution in [2.45, 2.75) is 39.7 Å². The third kappa shape index (κ3) is 2.46. The van der Waals surface area contributed by atoms with E-state index in [2.05, 4.69) is 20.8 Å². The van der Waals surface area contributed by atoms with Gasteiger partial charge in [0.1, 0.15) is 0 Å². The third-order valence-corrected chi connectivity index (χ3v) is 2.69. The molecule has 72 valence electrons. The number of ether oxygens (including phenoxy) is 1. The minimum Gasteiger partial charge on any atom is -0.378 e. The molecule has 2 nitrogen and oxygen atoms in total. The van der Waals surface area contributed by atoms with E-state index in [-0.39, 0.29) is 5.41 Å². The van der Waals surface area contributed by atoms with Crippen LogP contribution in [-0.2, 0) is 4.74 Å². The van der Waals surface area contributed by atoms with E-state index in [1.807, 2.05) is 0 Å². The van der Waals surface area contributed by atoms with E-state index in [0.29, 0.717) is 12.0 Å². The second-order valence-corrected chi connectivity index (χ2v) is 4.85. The highest BCUT2D eigenvalue weighted by molar-refractivity contribution is 4.81. The van der Waals surface area contributed by atoms with Gasteiger partial charge in [0.15, 0.2) is 0 Å². The van der Waals surface area contributed by atoms with Gasteiger partial charge in [-0.15, -0.1) is 0 Å². The zero-order chi connectivity index (χ0) is 9.19. The molecule has 0 aromatic heterocycles. The van der Waals surface area contributed by atoms with Gasteiger partial charge < -0.3 is 10.5 Å². The van der Waals surface area contributed by atoms with Crippen LogP contribution in [0.15, 0.2) is 0 Å². The Morgan fingerprint density at radius 1 is 1.42 bits per heavy atom. The molecule has 1 fully saturated rings. The Labute approximate surface area is 75.5 Å². The SMILES string of the molecule is CC(C)(C)C1CC(CN)CCO1. The molecule has 0 aromatic rings. The molecule has 1 rings (SSSR count). The Balaban J connectivity index is 2.46. The fraction of sp³-hybridized carbons (Fsp3) is 1.00. The first kappa shape index (κ1) is 10.0. The molecular weight excluding hydrogens is 150 g/mol. The maximum absolute atomic E-state index is 5.72. The first-order valence-electron chi connectivity index (χ1n) is 4.85. The van der Waals surface area contributed by atoms with E-state index in [1.165, 1.54) is 0 Å². The minimum absolute atomic E-state index is 0.272.